The van der Waals surface area contributed by atoms with Gasteiger partial charge in [-0.1, -0.05) is 13.8 Å². The molecule has 7 nitrogen and oxygen atoms in total. The molecule has 2 rings (SSSR count). The molecule has 1 aliphatic rings. The number of carbonyl (C=O) groups is 1. The number of hydrogen-bond donors (Lipinski definition) is 2. The Labute approximate surface area is 169 Å². The van der Waals surface area contributed by atoms with E-state index in [1.165, 1.54) is 27.8 Å². The fourth-order valence-electron chi connectivity index (χ4n) is 3.68. The molecule has 0 bridgehead atoms. The first-order valence-corrected chi connectivity index (χ1v) is 11.7. The first-order chi connectivity index (χ1) is 13.3. The highest BCUT2D eigenvalue weighted by Crippen LogP contribution is 2.29. The second-order valence-corrected chi connectivity index (χ2v) is 9.15. The zero-order valence-electron chi connectivity index (χ0n) is 17.5. The van der Waals surface area contributed by atoms with Gasteiger partial charge in [0.25, 0.3) is 5.91 Å². The number of amides is 1. The van der Waals surface area contributed by atoms with Crippen molar-refractivity contribution in [3.8, 4) is 5.75 Å². The fraction of sp³-hybridized carbons (Fsp3) is 0.650. The van der Waals surface area contributed by atoms with E-state index < -0.39 is 10.0 Å². The van der Waals surface area contributed by atoms with E-state index in [0.29, 0.717) is 43.7 Å². The van der Waals surface area contributed by atoms with Gasteiger partial charge in [0.05, 0.1) is 29.8 Å². The van der Waals surface area contributed by atoms with Gasteiger partial charge in [0.2, 0.25) is 10.0 Å². The normalized spacial score (nSPS) is 20.2. The Balaban J connectivity index is 2.24. The van der Waals surface area contributed by atoms with Crippen LogP contribution in [0.15, 0.2) is 23.1 Å². The minimum atomic E-state index is -3.61. The van der Waals surface area contributed by atoms with Crippen LogP contribution < -0.4 is 15.0 Å². The Morgan fingerprint density at radius 3 is 2.57 bits per heavy atom. The van der Waals surface area contributed by atoms with E-state index in [4.69, 9.17) is 4.74 Å². The van der Waals surface area contributed by atoms with E-state index in [1.54, 1.807) is 19.9 Å². The maximum atomic E-state index is 12.8. The minimum absolute atomic E-state index is 0.123. The van der Waals surface area contributed by atoms with Gasteiger partial charge in [-0.2, -0.15) is 4.31 Å². The minimum Gasteiger partial charge on any atom is -0.492 e. The third kappa shape index (κ3) is 5.46. The monoisotopic (exact) mass is 412 g/mol. The lowest BCUT2D eigenvalue weighted by Gasteiger charge is -2.29. The van der Waals surface area contributed by atoms with Crippen molar-refractivity contribution < 1.29 is 22.8 Å². The van der Waals surface area contributed by atoms with Crippen molar-refractivity contribution in [2.45, 2.75) is 57.9 Å². The van der Waals surface area contributed by atoms with Crippen molar-refractivity contribution in [2.24, 2.45) is 0 Å². The SMILES string of the molecule is CCOc1ccc(S(=O)(=O)N(CC)CC)cc1NC(=O)C[NH+]1CCCC[C@H]1C. The van der Waals surface area contributed by atoms with Crippen LogP contribution in [-0.4, -0.2) is 57.5 Å². The van der Waals surface area contributed by atoms with Crippen LogP contribution in [0.5, 0.6) is 5.75 Å². The Kier molecular flexibility index (Phi) is 8.27. The summed E-state index contributed by atoms with van der Waals surface area (Å²) in [5.41, 5.74) is 0.407. The van der Waals surface area contributed by atoms with Crippen molar-refractivity contribution in [2.75, 3.05) is 38.1 Å². The molecule has 2 atom stereocenters. The highest BCUT2D eigenvalue weighted by Gasteiger charge is 2.26. The Morgan fingerprint density at radius 1 is 1.25 bits per heavy atom. The average molecular weight is 413 g/mol. The second-order valence-electron chi connectivity index (χ2n) is 7.21. The van der Waals surface area contributed by atoms with Crippen molar-refractivity contribution in [1.82, 2.24) is 4.31 Å². The van der Waals surface area contributed by atoms with Crippen molar-refractivity contribution in [1.29, 1.82) is 0 Å². The van der Waals surface area contributed by atoms with Gasteiger partial charge in [-0.05, 0) is 51.3 Å². The Morgan fingerprint density at radius 2 is 1.96 bits per heavy atom. The molecule has 28 heavy (non-hydrogen) atoms. The molecule has 1 fully saturated rings. The third-order valence-corrected chi connectivity index (χ3v) is 7.38. The van der Waals surface area contributed by atoms with E-state index in [2.05, 4.69) is 12.2 Å². The first-order valence-electron chi connectivity index (χ1n) is 10.2. The molecule has 8 heteroatoms. The molecule has 1 unspecified atom stereocenters. The van der Waals surface area contributed by atoms with Crippen LogP contribution in [-0.2, 0) is 14.8 Å². The molecule has 1 aromatic rings. The summed E-state index contributed by atoms with van der Waals surface area (Å²) in [6, 6.07) is 5.11. The number of hydrogen-bond acceptors (Lipinski definition) is 4. The molecule has 1 amide bonds. The number of ether oxygens (including phenoxy) is 1. The Hall–Kier alpha value is -1.64. The van der Waals surface area contributed by atoms with Crippen LogP contribution >= 0.6 is 0 Å². The summed E-state index contributed by atoms with van der Waals surface area (Å²) in [7, 11) is -3.61. The first kappa shape index (κ1) is 22.6. The average Bonchev–Trinajstić information content (AvgIpc) is 2.66. The van der Waals surface area contributed by atoms with E-state index in [1.807, 2.05) is 6.92 Å². The van der Waals surface area contributed by atoms with Crippen molar-refractivity contribution in [3.05, 3.63) is 18.2 Å². The van der Waals surface area contributed by atoms with Crippen LogP contribution in [0.1, 0.15) is 47.0 Å². The fourth-order valence-corrected chi connectivity index (χ4v) is 5.16. The number of nitrogens with zero attached hydrogens (tertiary/aromatic N) is 1. The summed E-state index contributed by atoms with van der Waals surface area (Å²) in [5.74, 6) is 0.359. The van der Waals surface area contributed by atoms with Crippen LogP contribution in [0.3, 0.4) is 0 Å². The molecular formula is C20H34N3O4S+. The zero-order valence-corrected chi connectivity index (χ0v) is 18.3. The third-order valence-electron chi connectivity index (χ3n) is 5.34. The molecule has 158 valence electrons. The molecule has 0 saturated carbocycles. The standard InChI is InChI=1S/C20H33N3O4S/c1-5-23(6-2)28(25,26)17-11-12-19(27-7-3)18(14-17)21-20(24)15-22-13-9-8-10-16(22)4/h11-12,14,16H,5-10,13,15H2,1-4H3,(H,21,24)/p+1/t16-/m1/s1. The molecule has 1 heterocycles. The molecule has 0 aliphatic carbocycles. The zero-order chi connectivity index (χ0) is 20.7. The van der Waals surface area contributed by atoms with E-state index in [0.717, 1.165) is 19.4 Å². The number of anilines is 1. The lowest BCUT2D eigenvalue weighted by atomic mass is 10.0. The summed E-state index contributed by atoms with van der Waals surface area (Å²) < 4.78 is 32.7. The van der Waals surface area contributed by atoms with E-state index >= 15 is 0 Å². The van der Waals surface area contributed by atoms with Gasteiger partial charge in [-0.25, -0.2) is 8.42 Å². The lowest BCUT2D eigenvalue weighted by molar-refractivity contribution is -0.920. The van der Waals surface area contributed by atoms with Crippen LogP contribution in [0.2, 0.25) is 0 Å². The van der Waals surface area contributed by atoms with Gasteiger partial charge in [0, 0.05) is 13.1 Å². The van der Waals surface area contributed by atoms with Crippen molar-refractivity contribution >= 4 is 21.6 Å². The molecule has 1 saturated heterocycles. The molecule has 2 N–H and O–H groups in total. The largest absolute Gasteiger partial charge is 0.492 e. The van der Waals surface area contributed by atoms with E-state index in [9.17, 15) is 13.2 Å². The molecule has 0 aromatic heterocycles. The smallest absolute Gasteiger partial charge is 0.279 e. The van der Waals surface area contributed by atoms with Crippen LogP contribution in [0, 0.1) is 0 Å². The number of nitrogens with one attached hydrogen (secondary N) is 2. The molecular weight excluding hydrogens is 378 g/mol. The maximum absolute atomic E-state index is 12.8. The summed E-state index contributed by atoms with van der Waals surface area (Å²) in [6.07, 6.45) is 3.48. The number of carbonyl (C=O) groups excluding carboxylic acids is 1. The van der Waals surface area contributed by atoms with Gasteiger partial charge < -0.3 is 15.0 Å². The molecule has 0 spiro atoms. The van der Waals surface area contributed by atoms with Gasteiger partial charge in [0.1, 0.15) is 5.75 Å². The van der Waals surface area contributed by atoms with Gasteiger partial charge >= 0.3 is 0 Å². The topological polar surface area (TPSA) is 80.2 Å². The molecule has 1 aromatic carbocycles. The maximum Gasteiger partial charge on any atom is 0.279 e. The predicted molar refractivity (Wildman–Crippen MR) is 110 cm³/mol. The van der Waals surface area contributed by atoms with Crippen LogP contribution in [0.25, 0.3) is 0 Å². The predicted octanol–water partition coefficient (Wildman–Crippen LogP) is 1.51. The van der Waals surface area contributed by atoms with Gasteiger partial charge in [-0.3, -0.25) is 4.79 Å². The highest BCUT2D eigenvalue weighted by molar-refractivity contribution is 7.89. The van der Waals surface area contributed by atoms with Crippen molar-refractivity contribution in [3.63, 3.8) is 0 Å². The quantitative estimate of drug-likeness (QED) is 0.644. The number of quaternary nitrogens is 1. The molecule has 0 radical (unpaired) electrons. The summed E-state index contributed by atoms with van der Waals surface area (Å²) in [4.78, 5) is 14.1. The highest BCUT2D eigenvalue weighted by atomic mass is 32.2. The molecule has 1 aliphatic heterocycles. The number of rotatable bonds is 9. The van der Waals surface area contributed by atoms with Gasteiger partial charge in [0.15, 0.2) is 6.54 Å². The van der Waals surface area contributed by atoms with Gasteiger partial charge in [-0.15, -0.1) is 0 Å². The summed E-state index contributed by atoms with van der Waals surface area (Å²) in [5, 5.41) is 2.88. The number of piperidine rings is 1. The van der Waals surface area contributed by atoms with E-state index in [-0.39, 0.29) is 10.8 Å². The summed E-state index contributed by atoms with van der Waals surface area (Å²) >= 11 is 0. The lowest BCUT2D eigenvalue weighted by Crippen LogP contribution is -3.17. The Bertz CT molecular complexity index is 763. The number of sulfonamides is 1. The van der Waals surface area contributed by atoms with Crippen LogP contribution in [0.4, 0.5) is 5.69 Å². The summed E-state index contributed by atoms with van der Waals surface area (Å²) in [6.45, 7) is 10.2. The number of likely N-dealkylation sites (tertiary alicyclic amines) is 1. The number of benzene rings is 1. The second kappa shape index (κ2) is 10.2.